The number of fused-ring (bicyclic) bond motifs is 2. The van der Waals surface area contributed by atoms with Crippen molar-refractivity contribution >= 4 is 57.6 Å². The number of esters is 1. The highest BCUT2D eigenvalue weighted by molar-refractivity contribution is 5.97. The molecule has 1 aliphatic heterocycles. The quantitative estimate of drug-likeness (QED) is 0.0687. The Hall–Kier alpha value is -6.32. The first-order chi connectivity index (χ1) is 24.0. The summed E-state index contributed by atoms with van der Waals surface area (Å²) in [4.78, 5) is 76.2. The number of ether oxygens (including phenoxy) is 2. The summed E-state index contributed by atoms with van der Waals surface area (Å²) in [5.41, 5.74) is 12.6. The first-order valence-electron chi connectivity index (χ1n) is 15.0. The summed E-state index contributed by atoms with van der Waals surface area (Å²) in [6.07, 6.45) is -2.11. The minimum atomic E-state index is -1.49. The molecule has 0 radical (unpaired) electrons. The molecular formula is C29H30N12O9. The number of nitrogens with zero attached hydrogens (tertiary/aromatic N) is 7. The highest BCUT2D eigenvalue weighted by Crippen LogP contribution is 2.32. The van der Waals surface area contributed by atoms with Crippen LogP contribution in [0.4, 0.5) is 17.5 Å². The van der Waals surface area contributed by atoms with Gasteiger partial charge in [-0.05, 0) is 30.7 Å². The van der Waals surface area contributed by atoms with Crippen LogP contribution in [0.25, 0.3) is 22.3 Å². The first kappa shape index (κ1) is 33.6. The maximum atomic E-state index is 13.1. The zero-order chi connectivity index (χ0) is 35.5. The van der Waals surface area contributed by atoms with E-state index in [1.165, 1.54) is 35.6 Å². The number of hydrogen-bond donors (Lipinski definition) is 8. The Balaban J connectivity index is 1.06. The largest absolute Gasteiger partial charge is 0.481 e. The summed E-state index contributed by atoms with van der Waals surface area (Å²) in [5, 5.41) is 36.1. The maximum Gasteiger partial charge on any atom is 0.328 e. The van der Waals surface area contributed by atoms with E-state index in [2.05, 4.69) is 45.5 Å². The number of aromatic nitrogens is 8. The van der Waals surface area contributed by atoms with Crippen LogP contribution in [0.15, 0.2) is 47.9 Å². The molecule has 21 heteroatoms. The molecule has 0 aliphatic carbocycles. The molecule has 1 aliphatic rings. The fourth-order valence-corrected chi connectivity index (χ4v) is 5.16. The molecular weight excluding hydrogens is 660 g/mol. The zero-order valence-corrected chi connectivity index (χ0v) is 25.8. The monoisotopic (exact) mass is 690 g/mol. The van der Waals surface area contributed by atoms with E-state index in [0.717, 1.165) is 0 Å². The number of carboxylic acids is 1. The van der Waals surface area contributed by atoms with Gasteiger partial charge in [0.05, 0.1) is 24.8 Å². The van der Waals surface area contributed by atoms with E-state index in [1.807, 2.05) is 0 Å². The number of rotatable bonds is 12. The second-order valence-corrected chi connectivity index (χ2v) is 11.1. The van der Waals surface area contributed by atoms with Gasteiger partial charge in [-0.2, -0.15) is 4.98 Å². The maximum absolute atomic E-state index is 13.1. The molecule has 50 heavy (non-hydrogen) atoms. The average Bonchev–Trinajstić information content (AvgIpc) is 3.65. The van der Waals surface area contributed by atoms with E-state index in [0.29, 0.717) is 11.4 Å². The Labute approximate surface area is 279 Å². The number of hydrogen-bond acceptors (Lipinski definition) is 17. The number of nitrogen functional groups attached to an aromatic ring is 2. The number of nitrogens with two attached hydrogens (primary N) is 2. The van der Waals surface area contributed by atoms with Gasteiger partial charge in [-0.25, -0.2) is 29.7 Å². The molecule has 1 fully saturated rings. The number of aromatic amines is 1. The number of aliphatic carboxylic acids is 1. The number of aliphatic hydroxyl groups excluding tert-OH is 2. The SMILES string of the molecule is Nc1nc2ncc(CNc3ccc(C(=O)NC(CCC(=O)O)C(=O)OC[C@H]4O[C@@H](n5cnc6c(N)ncnc65)[C@H](O)[C@@H]4O)cc3)nc2c(=O)[nH]1. The van der Waals surface area contributed by atoms with Gasteiger partial charge in [0.1, 0.15) is 42.8 Å². The van der Waals surface area contributed by atoms with Crippen LogP contribution in [0.5, 0.6) is 0 Å². The third-order valence-corrected chi connectivity index (χ3v) is 7.73. The molecule has 6 rings (SSSR count). The van der Waals surface area contributed by atoms with Gasteiger partial charge < -0.3 is 46.9 Å². The molecule has 4 aromatic heterocycles. The van der Waals surface area contributed by atoms with Gasteiger partial charge in [0.2, 0.25) is 5.95 Å². The van der Waals surface area contributed by atoms with Crippen molar-refractivity contribution in [2.24, 2.45) is 0 Å². The zero-order valence-electron chi connectivity index (χ0n) is 25.8. The molecule has 1 amide bonds. The number of imidazole rings is 1. The minimum Gasteiger partial charge on any atom is -0.481 e. The van der Waals surface area contributed by atoms with Gasteiger partial charge in [0.25, 0.3) is 11.5 Å². The Morgan fingerprint density at radius 1 is 1.04 bits per heavy atom. The van der Waals surface area contributed by atoms with Crippen molar-refractivity contribution in [2.75, 3.05) is 23.4 Å². The predicted octanol–water partition coefficient (Wildman–Crippen LogP) is -1.54. The Kier molecular flexibility index (Phi) is 9.43. The fraction of sp³-hybridized carbons (Fsp3) is 0.310. The number of anilines is 3. The van der Waals surface area contributed by atoms with Crippen molar-refractivity contribution < 1.29 is 39.2 Å². The number of carbonyl (C=O) groups is 3. The molecule has 21 nitrogen and oxygen atoms in total. The van der Waals surface area contributed by atoms with Gasteiger partial charge in [-0.1, -0.05) is 0 Å². The van der Waals surface area contributed by atoms with Crippen molar-refractivity contribution in [3.05, 3.63) is 64.7 Å². The number of carboxylic acid groups (broad SMARTS) is 1. The lowest BCUT2D eigenvalue weighted by atomic mass is 10.1. The number of benzene rings is 1. The lowest BCUT2D eigenvalue weighted by Gasteiger charge is -2.20. The van der Waals surface area contributed by atoms with Crippen molar-refractivity contribution in [1.82, 2.24) is 44.8 Å². The fourth-order valence-electron chi connectivity index (χ4n) is 5.16. The van der Waals surface area contributed by atoms with Crippen LogP contribution in [0, 0.1) is 0 Å². The molecule has 1 unspecified atom stereocenters. The van der Waals surface area contributed by atoms with E-state index in [4.69, 9.17) is 20.9 Å². The van der Waals surface area contributed by atoms with Crippen LogP contribution in [-0.2, 0) is 25.6 Å². The first-order valence-corrected chi connectivity index (χ1v) is 15.0. The number of nitrogens with one attached hydrogen (secondary N) is 3. The molecule has 0 saturated carbocycles. The van der Waals surface area contributed by atoms with Crippen LogP contribution in [0.1, 0.15) is 35.1 Å². The third kappa shape index (κ3) is 7.08. The van der Waals surface area contributed by atoms with E-state index >= 15 is 0 Å². The molecule has 5 heterocycles. The van der Waals surface area contributed by atoms with Crippen molar-refractivity contribution in [1.29, 1.82) is 0 Å². The average molecular weight is 691 g/mol. The molecule has 260 valence electrons. The van der Waals surface area contributed by atoms with E-state index in [9.17, 15) is 34.5 Å². The summed E-state index contributed by atoms with van der Waals surface area (Å²) < 4.78 is 12.4. The number of amides is 1. The van der Waals surface area contributed by atoms with E-state index in [1.54, 1.807) is 12.1 Å². The Morgan fingerprint density at radius 3 is 2.58 bits per heavy atom. The number of carbonyl (C=O) groups excluding carboxylic acids is 2. The van der Waals surface area contributed by atoms with Gasteiger partial charge in [0.15, 0.2) is 28.9 Å². The Bertz CT molecular complexity index is 2120. The van der Waals surface area contributed by atoms with Crippen LogP contribution in [0.2, 0.25) is 0 Å². The van der Waals surface area contributed by atoms with E-state index in [-0.39, 0.29) is 52.6 Å². The van der Waals surface area contributed by atoms with Crippen molar-refractivity contribution in [3.63, 3.8) is 0 Å². The molecule has 0 bridgehead atoms. The predicted molar refractivity (Wildman–Crippen MR) is 171 cm³/mol. The van der Waals surface area contributed by atoms with Crippen LogP contribution < -0.4 is 27.7 Å². The Morgan fingerprint density at radius 2 is 1.82 bits per heavy atom. The second-order valence-electron chi connectivity index (χ2n) is 11.1. The lowest BCUT2D eigenvalue weighted by molar-refractivity contribution is -0.152. The summed E-state index contributed by atoms with van der Waals surface area (Å²) >= 11 is 0. The van der Waals surface area contributed by atoms with Crippen LogP contribution >= 0.6 is 0 Å². The number of H-pyrrole nitrogens is 1. The van der Waals surface area contributed by atoms with Gasteiger partial charge >= 0.3 is 11.9 Å². The van der Waals surface area contributed by atoms with E-state index < -0.39 is 67.0 Å². The number of aliphatic hydroxyl groups is 2. The van der Waals surface area contributed by atoms with Crippen LogP contribution in [0.3, 0.4) is 0 Å². The third-order valence-electron chi connectivity index (χ3n) is 7.73. The molecule has 1 aromatic carbocycles. The van der Waals surface area contributed by atoms with Gasteiger partial charge in [-0.3, -0.25) is 23.9 Å². The van der Waals surface area contributed by atoms with Crippen molar-refractivity contribution in [2.45, 2.75) is 50.0 Å². The summed E-state index contributed by atoms with van der Waals surface area (Å²) in [7, 11) is 0. The highest BCUT2D eigenvalue weighted by atomic mass is 16.6. The summed E-state index contributed by atoms with van der Waals surface area (Å²) in [6, 6.07) is 4.76. The minimum absolute atomic E-state index is 0.0277. The molecule has 5 atom stereocenters. The molecule has 5 aromatic rings. The topological polar surface area (TPSA) is 322 Å². The standard InChI is InChI=1S/C29H30N12O9/c30-22-18-24(35-10-34-22)41(11-36-18)27-21(45)20(44)16(50-27)9-49-28(48)15(5-6-17(42)43)38-25(46)12-1-3-13(4-2-12)32-7-14-8-33-23-19(37-14)26(47)40-29(31)39-23/h1-4,8,10-11,15-16,20-21,27,32,44-45H,5-7,9H2,(H,38,46)(H,42,43)(H2,30,34,35)(H3,31,33,39,40,47)/t15?,16-,20-,21-,27-/m1/s1. The summed E-state index contributed by atoms with van der Waals surface area (Å²) in [6.45, 7) is -0.349. The normalized spacial score (nSPS) is 19.3. The van der Waals surface area contributed by atoms with Crippen molar-refractivity contribution in [3.8, 4) is 0 Å². The second kappa shape index (κ2) is 14.0. The molecule has 1 saturated heterocycles. The lowest BCUT2D eigenvalue weighted by Crippen LogP contribution is -2.43. The summed E-state index contributed by atoms with van der Waals surface area (Å²) in [5.74, 6) is -2.84. The smallest absolute Gasteiger partial charge is 0.328 e. The highest BCUT2D eigenvalue weighted by Gasteiger charge is 2.45. The van der Waals surface area contributed by atoms with Gasteiger partial charge in [0, 0.05) is 17.7 Å². The van der Waals surface area contributed by atoms with Gasteiger partial charge in [-0.15, -0.1) is 0 Å². The molecule has 10 N–H and O–H groups in total. The van der Waals surface area contributed by atoms with Crippen LogP contribution in [-0.4, -0.2) is 104 Å². The molecule has 0 spiro atoms.